The number of rotatable bonds is 6. The number of fused-ring (bicyclic) bond motifs is 2. The van der Waals surface area contributed by atoms with Crippen molar-refractivity contribution < 1.29 is 23.9 Å². The normalized spacial score (nSPS) is 13.0. The van der Waals surface area contributed by atoms with E-state index in [1.807, 2.05) is 6.07 Å². The number of benzene rings is 2. The van der Waals surface area contributed by atoms with Crippen molar-refractivity contribution in [1.82, 2.24) is 8.75 Å². The Kier molecular flexibility index (Phi) is 5.34. The van der Waals surface area contributed by atoms with Crippen LogP contribution >= 0.6 is 11.7 Å². The molecule has 9 nitrogen and oxygen atoms in total. The van der Waals surface area contributed by atoms with E-state index in [0.717, 1.165) is 11.7 Å². The van der Waals surface area contributed by atoms with Gasteiger partial charge in [0.15, 0.2) is 13.2 Å². The molecule has 1 aliphatic heterocycles. The Balaban J connectivity index is 1.29. The van der Waals surface area contributed by atoms with E-state index in [1.165, 1.54) is 4.90 Å². The zero-order valence-electron chi connectivity index (χ0n) is 15.2. The molecule has 2 heterocycles. The Morgan fingerprint density at radius 2 is 2.03 bits per heavy atom. The first-order valence-electron chi connectivity index (χ1n) is 8.81. The van der Waals surface area contributed by atoms with Gasteiger partial charge in [0.1, 0.15) is 16.8 Å². The molecule has 1 aromatic heterocycles. The van der Waals surface area contributed by atoms with Gasteiger partial charge in [-0.15, -0.1) is 0 Å². The molecule has 0 spiro atoms. The summed E-state index contributed by atoms with van der Waals surface area (Å²) in [7, 11) is 0. The van der Waals surface area contributed by atoms with Crippen LogP contribution < -0.4 is 15.0 Å². The Morgan fingerprint density at radius 1 is 1.17 bits per heavy atom. The largest absolute Gasteiger partial charge is 0.482 e. The summed E-state index contributed by atoms with van der Waals surface area (Å²) in [5, 5.41) is 2.66. The molecule has 0 saturated carbocycles. The molecule has 29 heavy (non-hydrogen) atoms. The lowest BCUT2D eigenvalue weighted by Crippen LogP contribution is -2.40. The van der Waals surface area contributed by atoms with Crippen molar-refractivity contribution in [3.8, 4) is 5.75 Å². The molecule has 3 aromatic rings. The van der Waals surface area contributed by atoms with Crippen LogP contribution in [0, 0.1) is 0 Å². The van der Waals surface area contributed by atoms with Gasteiger partial charge in [-0.3, -0.25) is 14.4 Å². The number of hydrogen-bond donors (Lipinski definition) is 1. The van der Waals surface area contributed by atoms with Crippen molar-refractivity contribution in [3.05, 3.63) is 42.5 Å². The van der Waals surface area contributed by atoms with Gasteiger partial charge in [-0.25, -0.2) is 0 Å². The Morgan fingerprint density at radius 3 is 2.93 bits per heavy atom. The lowest BCUT2D eigenvalue weighted by atomic mass is 10.2. The predicted molar refractivity (Wildman–Crippen MR) is 106 cm³/mol. The maximum absolute atomic E-state index is 12.1. The van der Waals surface area contributed by atoms with Crippen LogP contribution in [0.3, 0.4) is 0 Å². The molecule has 0 radical (unpaired) electrons. The second-order valence-corrected chi connectivity index (χ2v) is 6.73. The van der Waals surface area contributed by atoms with E-state index in [1.54, 1.807) is 36.4 Å². The van der Waals surface area contributed by atoms with Gasteiger partial charge in [-0.05, 0) is 24.3 Å². The summed E-state index contributed by atoms with van der Waals surface area (Å²) in [6, 6.07) is 12.3. The maximum atomic E-state index is 12.1. The Labute approximate surface area is 169 Å². The van der Waals surface area contributed by atoms with Gasteiger partial charge >= 0.3 is 5.97 Å². The average molecular weight is 412 g/mol. The highest BCUT2D eigenvalue weighted by atomic mass is 32.1. The van der Waals surface area contributed by atoms with Crippen molar-refractivity contribution in [2.24, 2.45) is 0 Å². The summed E-state index contributed by atoms with van der Waals surface area (Å²) >= 11 is 1.05. The molecule has 0 aliphatic carbocycles. The molecular weight excluding hydrogens is 396 g/mol. The summed E-state index contributed by atoms with van der Waals surface area (Å²) in [4.78, 5) is 37.7. The van der Waals surface area contributed by atoms with Crippen molar-refractivity contribution in [2.45, 2.75) is 6.42 Å². The minimum Gasteiger partial charge on any atom is -0.482 e. The zero-order chi connectivity index (χ0) is 20.2. The van der Waals surface area contributed by atoms with Crippen LogP contribution in [0.25, 0.3) is 11.0 Å². The first-order valence-corrected chi connectivity index (χ1v) is 9.54. The number of anilines is 2. The number of nitrogens with zero attached hydrogens (tertiary/aromatic N) is 3. The number of nitrogens with one attached hydrogen (secondary N) is 1. The molecule has 4 rings (SSSR count). The minimum absolute atomic E-state index is 0.0427. The molecule has 148 valence electrons. The highest BCUT2D eigenvalue weighted by Crippen LogP contribution is 2.31. The van der Waals surface area contributed by atoms with Crippen LogP contribution in [-0.2, 0) is 19.1 Å². The summed E-state index contributed by atoms with van der Waals surface area (Å²) in [6.45, 7) is -0.366. The van der Waals surface area contributed by atoms with Crippen molar-refractivity contribution >= 4 is 51.9 Å². The van der Waals surface area contributed by atoms with Crippen LogP contribution in [0.5, 0.6) is 5.75 Å². The second kappa shape index (κ2) is 8.23. The third kappa shape index (κ3) is 4.16. The van der Waals surface area contributed by atoms with E-state index in [9.17, 15) is 14.4 Å². The third-order valence-electron chi connectivity index (χ3n) is 4.27. The average Bonchev–Trinajstić information content (AvgIpc) is 3.21. The number of esters is 1. The summed E-state index contributed by atoms with van der Waals surface area (Å²) < 4.78 is 18.6. The van der Waals surface area contributed by atoms with E-state index in [4.69, 9.17) is 9.47 Å². The van der Waals surface area contributed by atoms with Gasteiger partial charge in [0, 0.05) is 6.54 Å². The fourth-order valence-corrected chi connectivity index (χ4v) is 3.46. The van der Waals surface area contributed by atoms with E-state index in [0.29, 0.717) is 28.2 Å². The molecule has 0 atom stereocenters. The number of carbonyl (C=O) groups is 3. The number of para-hydroxylation sites is 2. The highest BCUT2D eigenvalue weighted by molar-refractivity contribution is 7.00. The summed E-state index contributed by atoms with van der Waals surface area (Å²) in [6.07, 6.45) is -0.0427. The van der Waals surface area contributed by atoms with Gasteiger partial charge in [0.05, 0.1) is 29.5 Å². The topological polar surface area (TPSA) is 111 Å². The molecule has 10 heteroatoms. The van der Waals surface area contributed by atoms with Gasteiger partial charge in [-0.2, -0.15) is 8.75 Å². The van der Waals surface area contributed by atoms with Crippen molar-refractivity contribution in [3.63, 3.8) is 0 Å². The smallest absolute Gasteiger partial charge is 0.308 e. The highest BCUT2D eigenvalue weighted by Gasteiger charge is 2.25. The standard InChI is InChI=1S/C19H16N4O5S/c24-16(20-12-4-3-5-13-19(12)22-29-21-13)10-28-18(26)8-9-23-14-6-1-2-7-15(14)27-11-17(23)25/h1-7H,8-11H2,(H,20,24). The molecule has 1 aliphatic rings. The fraction of sp³-hybridized carbons (Fsp3) is 0.211. The van der Waals surface area contributed by atoms with Crippen LogP contribution in [-0.4, -0.2) is 46.3 Å². The molecular formula is C19H16N4O5S. The first-order chi connectivity index (χ1) is 14.1. The second-order valence-electron chi connectivity index (χ2n) is 6.20. The number of ether oxygens (including phenoxy) is 2. The Bertz CT molecular complexity index is 1080. The predicted octanol–water partition coefficient (Wildman–Crippen LogP) is 1.99. The van der Waals surface area contributed by atoms with Crippen LogP contribution in [0.1, 0.15) is 6.42 Å². The number of hydrogen-bond acceptors (Lipinski definition) is 8. The molecule has 0 bridgehead atoms. The van der Waals surface area contributed by atoms with Gasteiger partial charge in [0.2, 0.25) is 0 Å². The number of carbonyl (C=O) groups excluding carboxylic acids is 3. The van der Waals surface area contributed by atoms with E-state index in [-0.39, 0.29) is 25.5 Å². The van der Waals surface area contributed by atoms with Gasteiger partial charge < -0.3 is 19.7 Å². The quantitative estimate of drug-likeness (QED) is 0.617. The van der Waals surface area contributed by atoms with Gasteiger partial charge in [-0.1, -0.05) is 18.2 Å². The Hall–Kier alpha value is -3.53. The SMILES string of the molecule is O=C(COC(=O)CCN1C(=O)COc2ccccc21)Nc1cccc2nsnc12. The third-order valence-corrected chi connectivity index (χ3v) is 4.81. The molecule has 0 saturated heterocycles. The van der Waals surface area contributed by atoms with Crippen LogP contribution in [0.4, 0.5) is 11.4 Å². The monoisotopic (exact) mass is 412 g/mol. The van der Waals surface area contributed by atoms with Gasteiger partial charge in [0.25, 0.3) is 11.8 Å². The minimum atomic E-state index is -0.578. The van der Waals surface area contributed by atoms with Crippen LogP contribution in [0.2, 0.25) is 0 Å². The lowest BCUT2D eigenvalue weighted by molar-refractivity contribution is -0.147. The van der Waals surface area contributed by atoms with Crippen molar-refractivity contribution in [2.75, 3.05) is 30.0 Å². The van der Waals surface area contributed by atoms with E-state index < -0.39 is 18.5 Å². The number of aromatic nitrogens is 2. The van der Waals surface area contributed by atoms with Crippen molar-refractivity contribution in [1.29, 1.82) is 0 Å². The first kappa shape index (κ1) is 18.8. The summed E-state index contributed by atoms with van der Waals surface area (Å²) in [5.41, 5.74) is 2.38. The molecule has 1 N–H and O–H groups in total. The zero-order valence-corrected chi connectivity index (χ0v) is 16.0. The number of amides is 2. The summed E-state index contributed by atoms with van der Waals surface area (Å²) in [5.74, 6) is -0.707. The molecule has 2 aromatic carbocycles. The van der Waals surface area contributed by atoms with Crippen LogP contribution in [0.15, 0.2) is 42.5 Å². The van der Waals surface area contributed by atoms with E-state index in [2.05, 4.69) is 14.1 Å². The molecule has 0 unspecified atom stereocenters. The lowest BCUT2D eigenvalue weighted by Gasteiger charge is -2.28. The maximum Gasteiger partial charge on any atom is 0.308 e. The molecule has 2 amide bonds. The van der Waals surface area contributed by atoms with E-state index >= 15 is 0 Å². The molecule has 0 fully saturated rings. The fourth-order valence-electron chi connectivity index (χ4n) is 2.91.